The first-order valence-electron chi connectivity index (χ1n) is 7.81. The highest BCUT2D eigenvalue weighted by molar-refractivity contribution is 7.12. The maximum atomic E-state index is 9.68. The number of aliphatic hydroxyl groups is 1. The Morgan fingerprint density at radius 3 is 2.67 bits per heavy atom. The van der Waals surface area contributed by atoms with Crippen LogP contribution in [0.1, 0.15) is 52.7 Å². The van der Waals surface area contributed by atoms with Crippen molar-refractivity contribution in [3.8, 4) is 0 Å². The van der Waals surface area contributed by atoms with E-state index < -0.39 is 0 Å². The number of nitrogens with one attached hydrogen (secondary N) is 1. The average Bonchev–Trinajstić information content (AvgIpc) is 2.97. The molecule has 0 radical (unpaired) electrons. The summed E-state index contributed by atoms with van der Waals surface area (Å²) in [7, 11) is 0. The Kier molecular flexibility index (Phi) is 4.73. The molecule has 2 atom stereocenters. The predicted octanol–water partition coefficient (Wildman–Crippen LogP) is 4.01. The SMILES string of the molecule is CC(N[C@@H](CO)c1ccccc1)c1cc2c(s1)CCCC2. The van der Waals surface area contributed by atoms with Crippen LogP contribution in [0.5, 0.6) is 0 Å². The summed E-state index contributed by atoms with van der Waals surface area (Å²) in [5, 5.41) is 13.2. The van der Waals surface area contributed by atoms with Gasteiger partial charge in [0.25, 0.3) is 0 Å². The fraction of sp³-hybridized carbons (Fsp3) is 0.444. The molecule has 1 heterocycles. The van der Waals surface area contributed by atoms with Crippen LogP contribution in [0, 0.1) is 0 Å². The molecule has 2 N–H and O–H groups in total. The van der Waals surface area contributed by atoms with E-state index in [-0.39, 0.29) is 18.7 Å². The summed E-state index contributed by atoms with van der Waals surface area (Å²) >= 11 is 1.95. The summed E-state index contributed by atoms with van der Waals surface area (Å²) in [6.45, 7) is 2.32. The van der Waals surface area contributed by atoms with E-state index in [0.29, 0.717) is 0 Å². The molecule has 1 aromatic heterocycles. The van der Waals surface area contributed by atoms with Crippen LogP contribution in [-0.4, -0.2) is 11.7 Å². The number of rotatable bonds is 5. The molecule has 0 bridgehead atoms. The smallest absolute Gasteiger partial charge is 0.0626 e. The molecular formula is C18H23NOS. The van der Waals surface area contributed by atoms with Crippen molar-refractivity contribution in [2.45, 2.75) is 44.7 Å². The van der Waals surface area contributed by atoms with E-state index in [1.165, 1.54) is 30.6 Å². The summed E-state index contributed by atoms with van der Waals surface area (Å²) in [4.78, 5) is 2.97. The number of fused-ring (bicyclic) bond motifs is 1. The highest BCUT2D eigenvalue weighted by atomic mass is 32.1. The fourth-order valence-electron chi connectivity index (χ4n) is 3.05. The summed E-state index contributed by atoms with van der Waals surface area (Å²) in [5.41, 5.74) is 2.70. The summed E-state index contributed by atoms with van der Waals surface area (Å²) < 4.78 is 0. The van der Waals surface area contributed by atoms with Gasteiger partial charge >= 0.3 is 0 Å². The van der Waals surface area contributed by atoms with Gasteiger partial charge in [-0.2, -0.15) is 0 Å². The minimum Gasteiger partial charge on any atom is -0.394 e. The van der Waals surface area contributed by atoms with Crippen molar-refractivity contribution in [3.63, 3.8) is 0 Å². The molecule has 0 aliphatic heterocycles. The molecule has 1 aliphatic rings. The molecule has 3 rings (SSSR count). The summed E-state index contributed by atoms with van der Waals surface area (Å²) in [5.74, 6) is 0. The zero-order chi connectivity index (χ0) is 14.7. The van der Waals surface area contributed by atoms with Crippen LogP contribution in [0.25, 0.3) is 0 Å². The van der Waals surface area contributed by atoms with Crippen molar-refractivity contribution in [1.29, 1.82) is 0 Å². The third-order valence-electron chi connectivity index (χ3n) is 4.28. The zero-order valence-corrected chi connectivity index (χ0v) is 13.3. The number of hydrogen-bond donors (Lipinski definition) is 2. The first-order valence-corrected chi connectivity index (χ1v) is 8.63. The lowest BCUT2D eigenvalue weighted by Gasteiger charge is -2.21. The van der Waals surface area contributed by atoms with Crippen molar-refractivity contribution in [1.82, 2.24) is 5.32 Å². The second-order valence-corrected chi connectivity index (χ2v) is 7.01. The van der Waals surface area contributed by atoms with Crippen LogP contribution in [0.3, 0.4) is 0 Å². The van der Waals surface area contributed by atoms with E-state index >= 15 is 0 Å². The predicted molar refractivity (Wildman–Crippen MR) is 88.8 cm³/mol. The van der Waals surface area contributed by atoms with Gasteiger partial charge in [0.2, 0.25) is 0 Å². The Morgan fingerprint density at radius 1 is 1.19 bits per heavy atom. The van der Waals surface area contributed by atoms with Crippen molar-refractivity contribution < 1.29 is 5.11 Å². The molecule has 0 saturated carbocycles. The molecular weight excluding hydrogens is 278 g/mol. The topological polar surface area (TPSA) is 32.3 Å². The van der Waals surface area contributed by atoms with Gasteiger partial charge in [-0.15, -0.1) is 11.3 Å². The van der Waals surface area contributed by atoms with Gasteiger partial charge in [-0.05, 0) is 49.8 Å². The molecule has 1 aliphatic carbocycles. The second-order valence-electron chi connectivity index (χ2n) is 5.84. The normalized spacial score (nSPS) is 17.2. The quantitative estimate of drug-likeness (QED) is 0.874. The van der Waals surface area contributed by atoms with E-state index in [1.54, 1.807) is 10.4 Å². The van der Waals surface area contributed by atoms with Gasteiger partial charge in [-0.1, -0.05) is 30.3 Å². The lowest BCUT2D eigenvalue weighted by molar-refractivity contribution is 0.236. The molecule has 3 heteroatoms. The van der Waals surface area contributed by atoms with Gasteiger partial charge in [0.1, 0.15) is 0 Å². The Labute approximate surface area is 130 Å². The Morgan fingerprint density at radius 2 is 1.95 bits per heavy atom. The monoisotopic (exact) mass is 301 g/mol. The van der Waals surface area contributed by atoms with E-state index in [1.807, 2.05) is 29.5 Å². The van der Waals surface area contributed by atoms with Crippen LogP contribution >= 0.6 is 11.3 Å². The summed E-state index contributed by atoms with van der Waals surface area (Å²) in [6, 6.07) is 12.8. The number of hydrogen-bond acceptors (Lipinski definition) is 3. The van der Waals surface area contributed by atoms with E-state index in [0.717, 1.165) is 5.56 Å². The van der Waals surface area contributed by atoms with Crippen molar-refractivity contribution in [2.24, 2.45) is 0 Å². The fourth-order valence-corrected chi connectivity index (χ4v) is 4.32. The molecule has 2 aromatic rings. The first-order chi connectivity index (χ1) is 10.3. The van der Waals surface area contributed by atoms with Gasteiger partial charge in [0.05, 0.1) is 12.6 Å². The third-order valence-corrected chi connectivity index (χ3v) is 5.70. The van der Waals surface area contributed by atoms with Gasteiger partial charge in [0.15, 0.2) is 0 Å². The molecule has 1 unspecified atom stereocenters. The highest BCUT2D eigenvalue weighted by Crippen LogP contribution is 2.33. The number of aryl methyl sites for hydroxylation is 2. The van der Waals surface area contributed by atoms with Crippen molar-refractivity contribution in [3.05, 3.63) is 57.3 Å². The molecule has 21 heavy (non-hydrogen) atoms. The molecule has 2 nitrogen and oxygen atoms in total. The molecule has 1 aromatic carbocycles. The van der Waals surface area contributed by atoms with Crippen molar-refractivity contribution >= 4 is 11.3 Å². The zero-order valence-electron chi connectivity index (χ0n) is 12.5. The lowest BCUT2D eigenvalue weighted by atomic mass is 9.99. The summed E-state index contributed by atoms with van der Waals surface area (Å²) in [6.07, 6.45) is 5.14. The second kappa shape index (κ2) is 6.73. The van der Waals surface area contributed by atoms with Crippen LogP contribution < -0.4 is 5.32 Å². The minimum atomic E-state index is 0.000304. The standard InChI is InChI=1S/C18H23NOS/c1-13(18-11-15-9-5-6-10-17(15)21-18)19-16(12-20)14-7-3-2-4-8-14/h2-4,7-8,11,13,16,19-20H,5-6,9-10,12H2,1H3/t13?,16-/m0/s1. The van der Waals surface area contributed by atoms with E-state index in [2.05, 4.69) is 30.4 Å². The van der Waals surface area contributed by atoms with Gasteiger partial charge in [-0.25, -0.2) is 0 Å². The molecule has 0 saturated heterocycles. The number of aliphatic hydroxyl groups excluding tert-OH is 1. The number of thiophene rings is 1. The third kappa shape index (κ3) is 3.37. The van der Waals surface area contributed by atoms with Crippen molar-refractivity contribution in [2.75, 3.05) is 6.61 Å². The number of benzene rings is 1. The van der Waals surface area contributed by atoms with E-state index in [4.69, 9.17) is 0 Å². The Hall–Kier alpha value is -1.16. The van der Waals surface area contributed by atoms with Gasteiger partial charge in [0, 0.05) is 15.8 Å². The molecule has 0 amide bonds. The minimum absolute atomic E-state index is 0.000304. The largest absolute Gasteiger partial charge is 0.394 e. The maximum absolute atomic E-state index is 9.68. The average molecular weight is 301 g/mol. The van der Waals surface area contributed by atoms with Gasteiger partial charge < -0.3 is 10.4 Å². The van der Waals surface area contributed by atoms with Crippen LogP contribution in [0.2, 0.25) is 0 Å². The van der Waals surface area contributed by atoms with Crippen LogP contribution in [0.15, 0.2) is 36.4 Å². The van der Waals surface area contributed by atoms with Gasteiger partial charge in [-0.3, -0.25) is 0 Å². The highest BCUT2D eigenvalue weighted by Gasteiger charge is 2.19. The lowest BCUT2D eigenvalue weighted by Crippen LogP contribution is -2.26. The van der Waals surface area contributed by atoms with Crippen LogP contribution in [0.4, 0.5) is 0 Å². The Balaban J connectivity index is 1.72. The Bertz CT molecular complexity index is 555. The molecule has 0 spiro atoms. The van der Waals surface area contributed by atoms with Crippen LogP contribution in [-0.2, 0) is 12.8 Å². The molecule has 0 fully saturated rings. The maximum Gasteiger partial charge on any atom is 0.0626 e. The molecule has 112 valence electrons. The van der Waals surface area contributed by atoms with E-state index in [9.17, 15) is 5.11 Å². The first kappa shape index (κ1) is 14.8.